The first kappa shape index (κ1) is 16.9. The average molecular weight is 352 g/mol. The number of halogens is 1. The van der Waals surface area contributed by atoms with Crippen LogP contribution in [0.4, 0.5) is 4.39 Å². The molecular weight excluding hydrogens is 331 g/mol. The molecule has 0 N–H and O–H groups in total. The lowest BCUT2D eigenvalue weighted by atomic mass is 10.0. The molecule has 1 aliphatic heterocycles. The van der Waals surface area contributed by atoms with E-state index in [-0.39, 0.29) is 11.9 Å². The van der Waals surface area contributed by atoms with Crippen molar-refractivity contribution in [2.75, 3.05) is 19.8 Å². The van der Waals surface area contributed by atoms with Gasteiger partial charge in [0.15, 0.2) is 0 Å². The maximum absolute atomic E-state index is 13.6. The molecule has 1 fully saturated rings. The Bertz CT molecular complexity index is 886. The summed E-state index contributed by atoms with van der Waals surface area (Å²) in [6.07, 6.45) is 1.82. The minimum Gasteiger partial charge on any atom is -0.376 e. The minimum atomic E-state index is -0.234. The van der Waals surface area contributed by atoms with Gasteiger partial charge in [-0.1, -0.05) is 30.3 Å². The van der Waals surface area contributed by atoms with Crippen molar-refractivity contribution in [1.82, 2.24) is 9.55 Å². The van der Waals surface area contributed by atoms with Crippen LogP contribution in [-0.2, 0) is 16.0 Å². The number of ether oxygens (including phenoxy) is 2. The highest BCUT2D eigenvalue weighted by Crippen LogP contribution is 2.33. The van der Waals surface area contributed by atoms with Crippen molar-refractivity contribution in [2.45, 2.75) is 19.6 Å². The van der Waals surface area contributed by atoms with Crippen LogP contribution in [0.25, 0.3) is 22.5 Å². The molecule has 0 unspecified atom stereocenters. The van der Waals surface area contributed by atoms with E-state index in [0.717, 1.165) is 28.1 Å². The Morgan fingerprint density at radius 1 is 1.15 bits per heavy atom. The highest BCUT2D eigenvalue weighted by molar-refractivity contribution is 5.80. The van der Waals surface area contributed by atoms with E-state index in [1.54, 1.807) is 6.07 Å². The Morgan fingerprint density at radius 3 is 2.73 bits per heavy atom. The molecule has 26 heavy (non-hydrogen) atoms. The number of benzene rings is 2. The summed E-state index contributed by atoms with van der Waals surface area (Å²) in [6, 6.07) is 14.9. The van der Waals surface area contributed by atoms with Crippen LogP contribution in [0.5, 0.6) is 0 Å². The van der Waals surface area contributed by atoms with E-state index >= 15 is 0 Å². The minimum absolute atomic E-state index is 0.0129. The fourth-order valence-corrected chi connectivity index (χ4v) is 3.36. The Balaban J connectivity index is 1.80. The number of hydrogen-bond acceptors (Lipinski definition) is 3. The number of hydrogen-bond donors (Lipinski definition) is 0. The van der Waals surface area contributed by atoms with E-state index in [1.807, 2.05) is 49.6 Å². The van der Waals surface area contributed by atoms with Gasteiger partial charge in [-0.2, -0.15) is 0 Å². The van der Waals surface area contributed by atoms with Gasteiger partial charge in [0.1, 0.15) is 5.82 Å². The zero-order valence-electron chi connectivity index (χ0n) is 14.7. The van der Waals surface area contributed by atoms with Gasteiger partial charge in [-0.25, -0.2) is 9.37 Å². The number of aryl methyl sites for hydroxylation is 1. The largest absolute Gasteiger partial charge is 0.376 e. The molecule has 0 radical (unpaired) electrons. The second-order valence-electron chi connectivity index (χ2n) is 6.49. The van der Waals surface area contributed by atoms with Crippen LogP contribution in [0.3, 0.4) is 0 Å². The Morgan fingerprint density at radius 2 is 2.00 bits per heavy atom. The first-order valence-electron chi connectivity index (χ1n) is 8.79. The molecule has 4 nitrogen and oxygen atoms in total. The summed E-state index contributed by atoms with van der Waals surface area (Å²) >= 11 is 0. The van der Waals surface area contributed by atoms with Crippen LogP contribution in [0.2, 0.25) is 0 Å². The lowest BCUT2D eigenvalue weighted by Crippen LogP contribution is -2.32. The van der Waals surface area contributed by atoms with Gasteiger partial charge in [0.25, 0.3) is 0 Å². The fourth-order valence-electron chi connectivity index (χ4n) is 3.36. The van der Waals surface area contributed by atoms with E-state index in [1.165, 1.54) is 6.07 Å². The van der Waals surface area contributed by atoms with Crippen LogP contribution < -0.4 is 0 Å². The van der Waals surface area contributed by atoms with Crippen molar-refractivity contribution in [1.29, 1.82) is 0 Å². The van der Waals surface area contributed by atoms with E-state index < -0.39 is 0 Å². The van der Waals surface area contributed by atoms with E-state index in [0.29, 0.717) is 26.4 Å². The summed E-state index contributed by atoms with van der Waals surface area (Å²) in [4.78, 5) is 4.66. The SMILES string of the molecule is Cc1cc(F)ccc1-c1c(-c2ccccc2)ncn1C[C@H]1COCCO1. The summed E-state index contributed by atoms with van der Waals surface area (Å²) in [5.41, 5.74) is 4.75. The van der Waals surface area contributed by atoms with Crippen molar-refractivity contribution in [3.8, 4) is 22.5 Å². The molecule has 1 atom stereocenters. The summed E-state index contributed by atoms with van der Waals surface area (Å²) in [5, 5.41) is 0. The van der Waals surface area contributed by atoms with Gasteiger partial charge in [0, 0.05) is 11.1 Å². The summed E-state index contributed by atoms with van der Waals surface area (Å²) in [7, 11) is 0. The van der Waals surface area contributed by atoms with E-state index in [2.05, 4.69) is 9.55 Å². The van der Waals surface area contributed by atoms with Crippen molar-refractivity contribution in [3.63, 3.8) is 0 Å². The van der Waals surface area contributed by atoms with Crippen molar-refractivity contribution in [3.05, 3.63) is 66.2 Å². The Kier molecular flexibility index (Phi) is 4.82. The first-order chi connectivity index (χ1) is 12.7. The molecule has 0 bridgehead atoms. The summed E-state index contributed by atoms with van der Waals surface area (Å²) in [6.45, 7) is 4.38. The number of imidazole rings is 1. The van der Waals surface area contributed by atoms with Gasteiger partial charge >= 0.3 is 0 Å². The van der Waals surface area contributed by atoms with Crippen LogP contribution in [-0.4, -0.2) is 35.5 Å². The zero-order chi connectivity index (χ0) is 17.9. The average Bonchev–Trinajstić information content (AvgIpc) is 3.07. The molecule has 0 spiro atoms. The quantitative estimate of drug-likeness (QED) is 0.710. The van der Waals surface area contributed by atoms with Gasteiger partial charge in [0.2, 0.25) is 0 Å². The molecule has 3 aromatic rings. The molecule has 4 rings (SSSR count). The number of aromatic nitrogens is 2. The van der Waals surface area contributed by atoms with Gasteiger partial charge < -0.3 is 14.0 Å². The van der Waals surface area contributed by atoms with E-state index in [9.17, 15) is 4.39 Å². The van der Waals surface area contributed by atoms with Crippen molar-refractivity contribution in [2.24, 2.45) is 0 Å². The van der Waals surface area contributed by atoms with Crippen LogP contribution >= 0.6 is 0 Å². The molecule has 0 aliphatic carbocycles. The van der Waals surface area contributed by atoms with Crippen LogP contribution in [0.1, 0.15) is 5.56 Å². The number of nitrogens with zero attached hydrogens (tertiary/aromatic N) is 2. The topological polar surface area (TPSA) is 36.3 Å². The molecule has 1 aromatic heterocycles. The molecule has 2 aromatic carbocycles. The second kappa shape index (κ2) is 7.40. The maximum Gasteiger partial charge on any atom is 0.123 e. The van der Waals surface area contributed by atoms with Crippen molar-refractivity contribution < 1.29 is 13.9 Å². The third kappa shape index (κ3) is 3.41. The number of rotatable bonds is 4. The molecule has 134 valence electrons. The normalized spacial score (nSPS) is 17.4. The van der Waals surface area contributed by atoms with Crippen LogP contribution in [0.15, 0.2) is 54.9 Å². The lowest BCUT2D eigenvalue weighted by molar-refractivity contribution is -0.0934. The first-order valence-corrected chi connectivity index (χ1v) is 8.79. The third-order valence-electron chi connectivity index (χ3n) is 4.61. The highest BCUT2D eigenvalue weighted by atomic mass is 19.1. The molecule has 5 heteroatoms. The summed E-state index contributed by atoms with van der Waals surface area (Å²) in [5.74, 6) is -0.234. The van der Waals surface area contributed by atoms with E-state index in [4.69, 9.17) is 9.47 Å². The van der Waals surface area contributed by atoms with Gasteiger partial charge in [-0.05, 0) is 30.7 Å². The lowest BCUT2D eigenvalue weighted by Gasteiger charge is -2.24. The monoisotopic (exact) mass is 352 g/mol. The molecule has 0 saturated carbocycles. The maximum atomic E-state index is 13.6. The van der Waals surface area contributed by atoms with Crippen molar-refractivity contribution >= 4 is 0 Å². The van der Waals surface area contributed by atoms with Crippen LogP contribution in [0, 0.1) is 12.7 Å². The fraction of sp³-hybridized carbons (Fsp3) is 0.286. The smallest absolute Gasteiger partial charge is 0.123 e. The second-order valence-corrected chi connectivity index (χ2v) is 6.49. The molecular formula is C21H21FN2O2. The molecule has 2 heterocycles. The zero-order valence-corrected chi connectivity index (χ0v) is 14.7. The third-order valence-corrected chi connectivity index (χ3v) is 4.61. The van der Waals surface area contributed by atoms with Gasteiger partial charge in [0.05, 0.1) is 50.2 Å². The van der Waals surface area contributed by atoms with Gasteiger partial charge in [-0.15, -0.1) is 0 Å². The molecule has 1 saturated heterocycles. The highest BCUT2D eigenvalue weighted by Gasteiger charge is 2.21. The predicted octanol–water partition coefficient (Wildman–Crippen LogP) is 4.08. The molecule has 1 aliphatic rings. The standard InChI is InChI=1S/C21H21FN2O2/c1-15-11-17(22)7-8-19(15)21-20(16-5-3-2-4-6-16)23-14-24(21)12-18-13-25-9-10-26-18/h2-8,11,14,18H,9-10,12-13H2,1H3/t18-/m0/s1. The molecule has 0 amide bonds. The van der Waals surface area contributed by atoms with Gasteiger partial charge in [-0.3, -0.25) is 0 Å². The Labute approximate surface area is 152 Å². The summed E-state index contributed by atoms with van der Waals surface area (Å²) < 4.78 is 27.0. The predicted molar refractivity (Wildman–Crippen MR) is 98.4 cm³/mol. The Hall–Kier alpha value is -2.50.